The molecule has 7 rings (SSSR count). The number of aromatic nitrogens is 4. The predicted octanol–water partition coefficient (Wildman–Crippen LogP) is 7.55. The van der Waals surface area contributed by atoms with E-state index in [-0.39, 0.29) is 35.7 Å². The minimum absolute atomic E-state index is 0.0940. The average Bonchev–Trinajstić information content (AvgIpc) is 4.05. The summed E-state index contributed by atoms with van der Waals surface area (Å²) in [5.74, 6) is 1.07. The van der Waals surface area contributed by atoms with Gasteiger partial charge in [0.1, 0.15) is 23.7 Å². The van der Waals surface area contributed by atoms with Gasteiger partial charge in [0, 0.05) is 38.9 Å². The first-order chi connectivity index (χ1) is 27.8. The first kappa shape index (κ1) is 40.3. The van der Waals surface area contributed by atoms with Crippen molar-refractivity contribution in [1.29, 1.82) is 0 Å². The Hall–Kier alpha value is -5.92. The molecule has 306 valence electrons. The quantitative estimate of drug-likeness (QED) is 0.147. The van der Waals surface area contributed by atoms with Gasteiger partial charge < -0.3 is 29.2 Å². The topological polar surface area (TPSA) is 157 Å². The number of carbonyl (C=O) groups excluding carboxylic acids is 4. The van der Waals surface area contributed by atoms with Crippen LogP contribution in [0, 0.1) is 11.8 Å². The fourth-order valence-corrected chi connectivity index (χ4v) is 8.88. The largest absolute Gasteiger partial charge is 0.453 e. The molecule has 2 aromatic heterocycles. The van der Waals surface area contributed by atoms with E-state index in [1.165, 1.54) is 24.0 Å². The van der Waals surface area contributed by atoms with Crippen molar-refractivity contribution in [3.63, 3.8) is 0 Å². The maximum atomic E-state index is 13.9. The lowest BCUT2D eigenvalue weighted by Gasteiger charge is -2.34. The fraction of sp³-hybridized carbons (Fsp3) is 0.455. The molecule has 3 aromatic carbocycles. The van der Waals surface area contributed by atoms with Crippen LogP contribution in [0.5, 0.6) is 0 Å². The average molecular weight is 791 g/mol. The highest BCUT2D eigenvalue weighted by Gasteiger charge is 2.41. The van der Waals surface area contributed by atoms with Crippen LogP contribution in [0.4, 0.5) is 9.59 Å². The van der Waals surface area contributed by atoms with Gasteiger partial charge in [-0.2, -0.15) is 0 Å². The summed E-state index contributed by atoms with van der Waals surface area (Å²) < 4.78 is 9.84. The summed E-state index contributed by atoms with van der Waals surface area (Å²) in [5.41, 5.74) is 5.56. The van der Waals surface area contributed by atoms with Gasteiger partial charge in [-0.25, -0.2) is 19.6 Å². The van der Waals surface area contributed by atoms with Gasteiger partial charge in [-0.1, -0.05) is 58.0 Å². The zero-order valence-corrected chi connectivity index (χ0v) is 34.6. The molecule has 4 heterocycles. The number of methoxy groups -OCH3 is 2. The lowest BCUT2D eigenvalue weighted by Crippen LogP contribution is -2.51. The molecule has 58 heavy (non-hydrogen) atoms. The molecule has 0 aliphatic carbocycles. The lowest BCUT2D eigenvalue weighted by molar-refractivity contribution is -0.139. The van der Waals surface area contributed by atoms with Crippen LogP contribution in [0.2, 0.25) is 0 Å². The molecule has 2 saturated heterocycles. The Labute approximate surface area is 338 Å². The summed E-state index contributed by atoms with van der Waals surface area (Å²) in [6.07, 6.45) is 4.08. The number of hydrogen-bond donors (Lipinski definition) is 2. The molecule has 5 aromatic rings. The van der Waals surface area contributed by atoms with Crippen LogP contribution < -0.4 is 0 Å². The van der Waals surface area contributed by atoms with Gasteiger partial charge in [0.2, 0.25) is 11.8 Å². The van der Waals surface area contributed by atoms with Gasteiger partial charge in [-0.3, -0.25) is 19.4 Å². The van der Waals surface area contributed by atoms with E-state index in [9.17, 15) is 19.2 Å². The van der Waals surface area contributed by atoms with Crippen molar-refractivity contribution < 1.29 is 28.7 Å². The summed E-state index contributed by atoms with van der Waals surface area (Å²) >= 11 is 0. The molecule has 4 amide bonds. The number of nitrogens with zero attached hydrogens (tertiary/aromatic N) is 6. The smallest absolute Gasteiger partial charge is 0.409 e. The van der Waals surface area contributed by atoms with Crippen molar-refractivity contribution >= 4 is 45.8 Å². The number of amides is 4. The molecule has 0 spiro atoms. The molecule has 14 heteroatoms. The van der Waals surface area contributed by atoms with Crippen LogP contribution in [0.25, 0.3) is 44.2 Å². The molecular weight excluding hydrogens is 737 g/mol. The zero-order chi connectivity index (χ0) is 41.4. The number of imidazole rings is 2. The highest BCUT2D eigenvalue weighted by atomic mass is 16.5. The summed E-state index contributed by atoms with van der Waals surface area (Å²) in [7, 11) is 5.86. The van der Waals surface area contributed by atoms with Crippen molar-refractivity contribution in [3.8, 4) is 22.4 Å². The van der Waals surface area contributed by atoms with Gasteiger partial charge in [0.25, 0.3) is 0 Å². The second-order valence-electron chi connectivity index (χ2n) is 16.2. The van der Waals surface area contributed by atoms with E-state index in [0.717, 1.165) is 81.5 Å². The van der Waals surface area contributed by atoms with Crippen molar-refractivity contribution in [3.05, 3.63) is 72.4 Å². The van der Waals surface area contributed by atoms with Crippen LogP contribution in [0.3, 0.4) is 0 Å². The third kappa shape index (κ3) is 7.59. The first-order valence-electron chi connectivity index (χ1n) is 20.1. The standard InChI is InChI=1S/C44H54N8O6/c1-25(2)37(49(5)43(55)57-7)41(53)51-19-9-11-35(51)39-45-24-34(48-39)31-16-15-27-21-28(13-14-29(27)22-31)30-17-18-32-33(23-30)47-40(46-32)36-12-10-20-52(36)42(54)38(26(3)4)50(6)44(56)58-8/h13-18,21-26,35-38H,9-12,19-20H2,1-8H3,(H,45,48)(H,46,47)/t35-,36-,37-,38-/m0/s1. The van der Waals surface area contributed by atoms with Crippen molar-refractivity contribution in [2.24, 2.45) is 11.8 Å². The molecule has 0 radical (unpaired) electrons. The fourth-order valence-electron chi connectivity index (χ4n) is 8.88. The molecule has 2 fully saturated rings. The van der Waals surface area contributed by atoms with Gasteiger partial charge in [-0.05, 0) is 83.7 Å². The molecule has 0 saturated carbocycles. The number of ether oxygens (including phenoxy) is 2. The second kappa shape index (κ2) is 16.5. The summed E-state index contributed by atoms with van der Waals surface area (Å²) in [6, 6.07) is 17.2. The number of H-pyrrole nitrogens is 2. The van der Waals surface area contributed by atoms with E-state index in [2.05, 4.69) is 58.5 Å². The number of nitrogens with one attached hydrogen (secondary N) is 2. The van der Waals surface area contributed by atoms with Gasteiger partial charge in [0.15, 0.2) is 0 Å². The number of benzene rings is 3. The monoisotopic (exact) mass is 790 g/mol. The zero-order valence-electron chi connectivity index (χ0n) is 34.6. The predicted molar refractivity (Wildman–Crippen MR) is 222 cm³/mol. The number of fused-ring (bicyclic) bond motifs is 2. The number of carbonyl (C=O) groups is 4. The Morgan fingerprint density at radius 2 is 1.19 bits per heavy atom. The van der Waals surface area contributed by atoms with Crippen LogP contribution >= 0.6 is 0 Å². The van der Waals surface area contributed by atoms with E-state index in [0.29, 0.717) is 13.1 Å². The van der Waals surface area contributed by atoms with E-state index < -0.39 is 24.3 Å². The Bertz CT molecular complexity index is 2330. The third-order valence-corrected chi connectivity index (χ3v) is 11.8. The molecule has 2 aliphatic rings. The number of aromatic amines is 2. The number of likely N-dealkylation sites (N-methyl/N-ethyl adjacent to an activating group) is 2. The van der Waals surface area contributed by atoms with Crippen LogP contribution in [-0.2, 0) is 19.1 Å². The van der Waals surface area contributed by atoms with Gasteiger partial charge in [-0.15, -0.1) is 0 Å². The van der Waals surface area contributed by atoms with E-state index >= 15 is 0 Å². The first-order valence-corrected chi connectivity index (χ1v) is 20.1. The van der Waals surface area contributed by atoms with Crippen LogP contribution in [-0.4, -0.2) is 117 Å². The minimum atomic E-state index is -0.642. The Balaban J connectivity index is 1.08. The Kier molecular flexibility index (Phi) is 11.5. The summed E-state index contributed by atoms with van der Waals surface area (Å²) in [5, 5.41) is 2.15. The maximum Gasteiger partial charge on any atom is 0.409 e. The highest BCUT2D eigenvalue weighted by Crippen LogP contribution is 2.36. The molecular formula is C44H54N8O6. The van der Waals surface area contributed by atoms with Crippen LogP contribution in [0.15, 0.2) is 60.8 Å². The third-order valence-electron chi connectivity index (χ3n) is 11.8. The molecule has 4 atom stereocenters. The van der Waals surface area contributed by atoms with Crippen molar-refractivity contribution in [1.82, 2.24) is 39.5 Å². The van der Waals surface area contributed by atoms with Crippen LogP contribution in [0.1, 0.15) is 77.1 Å². The van der Waals surface area contributed by atoms with E-state index in [1.54, 1.807) is 14.1 Å². The van der Waals surface area contributed by atoms with E-state index in [4.69, 9.17) is 19.4 Å². The molecule has 14 nitrogen and oxygen atoms in total. The summed E-state index contributed by atoms with van der Waals surface area (Å²) in [4.78, 5) is 75.7. The SMILES string of the molecule is COC(=O)N(C)[C@H](C(=O)N1CCC[C@H]1c1nc(-c2ccc3cc(-c4ccc5[nH]c([C@@H]6CCCN6C(=O)[C@H](C(C)C)N(C)C(=O)OC)nc5c4)ccc3c2)c[nH]1)C(C)C. The van der Waals surface area contributed by atoms with E-state index in [1.807, 2.05) is 49.8 Å². The van der Waals surface area contributed by atoms with Gasteiger partial charge >= 0.3 is 12.2 Å². The highest BCUT2D eigenvalue weighted by molar-refractivity contribution is 5.92. The van der Waals surface area contributed by atoms with Crippen molar-refractivity contribution in [2.45, 2.75) is 77.5 Å². The Morgan fingerprint density at radius 1 is 0.690 bits per heavy atom. The van der Waals surface area contributed by atoms with Gasteiger partial charge in [0.05, 0.1) is 43.0 Å². The minimum Gasteiger partial charge on any atom is -0.453 e. The number of hydrogen-bond acceptors (Lipinski definition) is 8. The second-order valence-corrected chi connectivity index (χ2v) is 16.2. The molecule has 2 N–H and O–H groups in total. The molecule has 0 unspecified atom stereocenters. The summed E-state index contributed by atoms with van der Waals surface area (Å²) in [6.45, 7) is 8.94. The molecule has 2 aliphatic heterocycles. The maximum absolute atomic E-state index is 13.9. The molecule has 0 bridgehead atoms. The van der Waals surface area contributed by atoms with Crippen molar-refractivity contribution in [2.75, 3.05) is 41.4 Å². The number of rotatable bonds is 10. The number of likely N-dealkylation sites (tertiary alicyclic amines) is 2. The normalized spacial score (nSPS) is 18.0. The Morgan fingerprint density at radius 3 is 1.74 bits per heavy atom. The lowest BCUT2D eigenvalue weighted by atomic mass is 9.99.